The first kappa shape index (κ1) is 22.2. The van der Waals surface area contributed by atoms with Gasteiger partial charge in [-0.15, -0.1) is 5.10 Å². The number of para-hydroxylation sites is 1. The van der Waals surface area contributed by atoms with Gasteiger partial charge in [-0.3, -0.25) is 10.2 Å². The highest BCUT2D eigenvalue weighted by Gasteiger charge is 2.37. The van der Waals surface area contributed by atoms with Crippen LogP contribution < -0.4 is 9.47 Å². The Kier molecular flexibility index (Phi) is 6.59. The highest BCUT2D eigenvalue weighted by molar-refractivity contribution is 8.26. The number of aliphatic imine (C=N–C) groups is 1. The Morgan fingerprint density at radius 3 is 2.35 bits per heavy atom. The highest BCUT2D eigenvalue weighted by atomic mass is 32.2. The molecule has 0 radical (unpaired) electrons. The van der Waals surface area contributed by atoms with Gasteiger partial charge in [0.1, 0.15) is 24.7 Å². The zero-order chi connectivity index (χ0) is 23.3. The molecular weight excluding hydrogens is 454 g/mol. The largest absolute Gasteiger partial charge is 0.490 e. The van der Waals surface area contributed by atoms with Gasteiger partial charge in [-0.05, 0) is 47.7 Å². The van der Waals surface area contributed by atoms with Crippen LogP contribution in [0.5, 0.6) is 11.5 Å². The number of amides is 1. The van der Waals surface area contributed by atoms with E-state index >= 15 is 0 Å². The van der Waals surface area contributed by atoms with Crippen LogP contribution in [-0.2, 0) is 9.53 Å². The number of carbonyl (C=O) groups is 1. The Morgan fingerprint density at radius 2 is 1.65 bits per heavy atom. The second-order valence-corrected chi connectivity index (χ2v) is 8.52. The lowest BCUT2D eigenvalue weighted by Gasteiger charge is -2.26. The fourth-order valence-corrected chi connectivity index (χ4v) is 4.47. The monoisotopic (exact) mass is 477 g/mol. The Labute approximate surface area is 201 Å². The van der Waals surface area contributed by atoms with E-state index in [4.69, 9.17) is 19.6 Å². The number of ether oxygens (including phenoxy) is 3. The normalized spacial score (nSPS) is 19.1. The van der Waals surface area contributed by atoms with Gasteiger partial charge in [0.15, 0.2) is 11.0 Å². The van der Waals surface area contributed by atoms with Crippen LogP contribution in [0.2, 0.25) is 0 Å². The molecule has 2 aromatic rings. The van der Waals surface area contributed by atoms with Crippen molar-refractivity contribution in [2.45, 2.75) is 0 Å². The van der Waals surface area contributed by atoms with Crippen LogP contribution in [0, 0.1) is 5.41 Å². The molecule has 0 aromatic heterocycles. The minimum atomic E-state index is -0.444. The minimum Gasteiger partial charge on any atom is -0.490 e. The molecule has 1 fully saturated rings. The Morgan fingerprint density at radius 1 is 0.971 bits per heavy atom. The van der Waals surface area contributed by atoms with Gasteiger partial charge in [-0.2, -0.15) is 10.0 Å². The summed E-state index contributed by atoms with van der Waals surface area (Å²) in [6.07, 6.45) is 1.65. The summed E-state index contributed by atoms with van der Waals surface area (Å²) in [6.45, 7) is 3.56. The van der Waals surface area contributed by atoms with Crippen LogP contribution in [0.15, 0.2) is 70.3 Å². The van der Waals surface area contributed by atoms with Gasteiger partial charge in [-0.1, -0.05) is 30.3 Å². The summed E-state index contributed by atoms with van der Waals surface area (Å²) in [5.41, 5.74) is 0.963. The molecular formula is C24H23N5O4S. The van der Waals surface area contributed by atoms with E-state index in [-0.39, 0.29) is 11.4 Å². The van der Waals surface area contributed by atoms with E-state index in [9.17, 15) is 4.79 Å². The van der Waals surface area contributed by atoms with Gasteiger partial charge in [0, 0.05) is 13.1 Å². The van der Waals surface area contributed by atoms with Gasteiger partial charge >= 0.3 is 0 Å². The van der Waals surface area contributed by atoms with Crippen LogP contribution in [-0.4, -0.2) is 71.5 Å². The van der Waals surface area contributed by atoms with Crippen molar-refractivity contribution in [3.63, 3.8) is 0 Å². The number of hydrazone groups is 1. The molecule has 1 amide bonds. The van der Waals surface area contributed by atoms with Crippen LogP contribution in [0.3, 0.4) is 0 Å². The molecule has 10 heteroatoms. The number of rotatable bonds is 6. The van der Waals surface area contributed by atoms with Crippen molar-refractivity contribution < 1.29 is 19.0 Å². The SMILES string of the molecule is N=C1/C(=C/c2ccc(OCCOc3ccccc3)cc2)C(=O)N=C2SC(N3CCOCC3)=NN12. The van der Waals surface area contributed by atoms with Crippen LogP contribution >= 0.6 is 11.8 Å². The summed E-state index contributed by atoms with van der Waals surface area (Å²) < 4.78 is 16.7. The highest BCUT2D eigenvalue weighted by Crippen LogP contribution is 2.30. The molecule has 0 spiro atoms. The van der Waals surface area contributed by atoms with Crippen LogP contribution in [0.25, 0.3) is 6.08 Å². The molecule has 34 heavy (non-hydrogen) atoms. The number of amidine groups is 3. The molecule has 0 saturated carbocycles. The number of hydrogen-bond donors (Lipinski definition) is 1. The summed E-state index contributed by atoms with van der Waals surface area (Å²) >= 11 is 1.31. The fourth-order valence-electron chi connectivity index (χ4n) is 3.53. The molecule has 2 aromatic carbocycles. The van der Waals surface area contributed by atoms with Crippen molar-refractivity contribution in [1.82, 2.24) is 9.91 Å². The maximum Gasteiger partial charge on any atom is 0.283 e. The van der Waals surface area contributed by atoms with Gasteiger partial charge in [0.05, 0.1) is 18.8 Å². The first-order chi connectivity index (χ1) is 16.7. The number of thioether (sulfide) groups is 1. The zero-order valence-electron chi connectivity index (χ0n) is 18.3. The van der Waals surface area contributed by atoms with E-state index in [1.807, 2.05) is 54.6 Å². The molecule has 1 saturated heterocycles. The topological polar surface area (TPSA) is 99.8 Å². The minimum absolute atomic E-state index is 0.0177. The molecule has 9 nitrogen and oxygen atoms in total. The average molecular weight is 478 g/mol. The number of nitrogens with one attached hydrogen (secondary N) is 1. The van der Waals surface area contributed by atoms with Crippen molar-refractivity contribution in [3.8, 4) is 11.5 Å². The number of hydrogen-bond acceptors (Lipinski definition) is 8. The quantitative estimate of drug-likeness (QED) is 0.504. The lowest BCUT2D eigenvalue weighted by molar-refractivity contribution is -0.114. The second-order valence-electron chi connectivity index (χ2n) is 7.58. The number of benzene rings is 2. The molecule has 5 rings (SSSR count). The predicted octanol–water partition coefficient (Wildman–Crippen LogP) is 3.05. The van der Waals surface area contributed by atoms with Gasteiger partial charge in [-0.25, -0.2) is 0 Å². The standard InChI is InChI=1S/C24H23N5O4S/c25-21-20(22(30)26-23-29(21)27-24(34-23)28-10-12-31-13-11-28)16-17-6-8-19(9-7-17)33-15-14-32-18-4-2-1-3-5-18/h1-9,16,25H,10-15H2/b20-16-,25-21?. The first-order valence-electron chi connectivity index (χ1n) is 10.9. The summed E-state index contributed by atoms with van der Waals surface area (Å²) in [5.74, 6) is 1.07. The smallest absolute Gasteiger partial charge is 0.283 e. The van der Waals surface area contributed by atoms with Crippen molar-refractivity contribution in [1.29, 1.82) is 5.41 Å². The van der Waals surface area contributed by atoms with Crippen LogP contribution in [0.1, 0.15) is 5.56 Å². The van der Waals surface area contributed by atoms with Gasteiger partial charge < -0.3 is 19.1 Å². The number of nitrogens with zero attached hydrogens (tertiary/aromatic N) is 4. The number of fused-ring (bicyclic) bond motifs is 1. The number of morpholine rings is 1. The van der Waals surface area contributed by atoms with E-state index in [2.05, 4.69) is 15.0 Å². The average Bonchev–Trinajstić information content (AvgIpc) is 3.31. The maximum atomic E-state index is 12.6. The van der Waals surface area contributed by atoms with Gasteiger partial charge in [0.2, 0.25) is 5.17 Å². The van der Waals surface area contributed by atoms with Crippen LogP contribution in [0.4, 0.5) is 0 Å². The third-order valence-corrected chi connectivity index (χ3v) is 6.25. The van der Waals surface area contributed by atoms with E-state index in [1.165, 1.54) is 16.8 Å². The Bertz CT molecular complexity index is 1160. The summed E-state index contributed by atoms with van der Waals surface area (Å²) in [7, 11) is 0. The predicted molar refractivity (Wildman–Crippen MR) is 131 cm³/mol. The third-order valence-electron chi connectivity index (χ3n) is 5.28. The molecule has 3 aliphatic heterocycles. The molecule has 0 bridgehead atoms. The molecule has 1 N–H and O–H groups in total. The lowest BCUT2D eigenvalue weighted by Crippen LogP contribution is -2.39. The maximum absolute atomic E-state index is 12.6. The van der Waals surface area contributed by atoms with Crippen molar-refractivity contribution >= 4 is 39.9 Å². The van der Waals surface area contributed by atoms with Crippen molar-refractivity contribution in [2.24, 2.45) is 10.1 Å². The van der Waals surface area contributed by atoms with E-state index in [0.29, 0.717) is 37.3 Å². The number of carbonyl (C=O) groups excluding carboxylic acids is 1. The zero-order valence-corrected chi connectivity index (χ0v) is 19.2. The molecule has 3 aliphatic rings. The molecule has 0 atom stereocenters. The third kappa shape index (κ3) is 4.97. The van der Waals surface area contributed by atoms with Crippen molar-refractivity contribution in [3.05, 3.63) is 65.7 Å². The molecule has 174 valence electrons. The summed E-state index contributed by atoms with van der Waals surface area (Å²) in [6, 6.07) is 16.9. The molecule has 3 heterocycles. The molecule has 0 aliphatic carbocycles. The fraction of sp³-hybridized carbons (Fsp3) is 0.250. The van der Waals surface area contributed by atoms with E-state index < -0.39 is 5.91 Å². The summed E-state index contributed by atoms with van der Waals surface area (Å²) in [4.78, 5) is 18.9. The second kappa shape index (κ2) is 10.1. The first-order valence-corrected chi connectivity index (χ1v) is 11.7. The Balaban J connectivity index is 1.21. The summed E-state index contributed by atoms with van der Waals surface area (Å²) in [5, 5.41) is 15.6. The lowest BCUT2D eigenvalue weighted by atomic mass is 10.1. The van der Waals surface area contributed by atoms with Crippen molar-refractivity contribution in [2.75, 3.05) is 39.5 Å². The van der Waals surface area contributed by atoms with E-state index in [1.54, 1.807) is 6.08 Å². The molecule has 0 unspecified atom stereocenters. The van der Waals surface area contributed by atoms with Gasteiger partial charge in [0.25, 0.3) is 5.91 Å². The Hall–Kier alpha value is -3.63. The van der Waals surface area contributed by atoms with E-state index in [0.717, 1.165) is 29.6 Å².